The van der Waals surface area contributed by atoms with Crippen molar-refractivity contribution in [3.63, 3.8) is 0 Å². The normalized spacial score (nSPS) is 11.9. The predicted octanol–water partition coefficient (Wildman–Crippen LogP) is 0.347. The second kappa shape index (κ2) is 4.94. The molecule has 0 spiro atoms. The second-order valence-corrected chi connectivity index (χ2v) is 5.86. The van der Waals surface area contributed by atoms with Crippen molar-refractivity contribution in [1.82, 2.24) is 19.5 Å². The van der Waals surface area contributed by atoms with Gasteiger partial charge in [0.05, 0.1) is 12.2 Å². The number of para-hydroxylation sites is 1. The number of benzene rings is 1. The Labute approximate surface area is 109 Å². The number of H-pyrrole nitrogens is 1. The Morgan fingerprint density at radius 3 is 2.84 bits per heavy atom. The van der Waals surface area contributed by atoms with Gasteiger partial charge in [0.15, 0.2) is 0 Å². The number of aromatic nitrogens is 3. The van der Waals surface area contributed by atoms with Gasteiger partial charge in [0.2, 0.25) is 10.0 Å². The minimum Gasteiger partial charge on any atom is -0.395 e. The number of hydrogen-bond acceptors (Lipinski definition) is 5. The molecule has 0 radical (unpaired) electrons. The standard InChI is InChI=1S/C10H12FN5O2S/c1-16(5-9-13-6-14-15-9)19(17,18)8-4-2-3-7(11)10(8)12/h2-4,6H,5,12H2,1H3,(H,13,14,15). The molecule has 102 valence electrons. The van der Waals surface area contributed by atoms with Gasteiger partial charge in [0.25, 0.3) is 0 Å². The van der Waals surface area contributed by atoms with E-state index in [1.54, 1.807) is 0 Å². The number of hydrogen-bond donors (Lipinski definition) is 2. The molecule has 1 heterocycles. The monoisotopic (exact) mass is 285 g/mol. The van der Waals surface area contributed by atoms with E-state index < -0.39 is 21.5 Å². The van der Waals surface area contributed by atoms with Crippen LogP contribution in [0.1, 0.15) is 5.82 Å². The Hall–Kier alpha value is -2.00. The Morgan fingerprint density at radius 1 is 1.47 bits per heavy atom. The number of aromatic amines is 1. The lowest BCUT2D eigenvalue weighted by Crippen LogP contribution is -2.28. The molecular weight excluding hydrogens is 273 g/mol. The molecule has 7 nitrogen and oxygen atoms in total. The SMILES string of the molecule is CN(Cc1ncn[nH]1)S(=O)(=O)c1cccc(F)c1N. The van der Waals surface area contributed by atoms with Crippen LogP contribution in [-0.4, -0.2) is 35.0 Å². The molecular formula is C10H12FN5O2S. The summed E-state index contributed by atoms with van der Waals surface area (Å²) in [6, 6.07) is 3.65. The van der Waals surface area contributed by atoms with Gasteiger partial charge in [-0.3, -0.25) is 5.10 Å². The largest absolute Gasteiger partial charge is 0.395 e. The number of nitrogens with one attached hydrogen (secondary N) is 1. The first kappa shape index (κ1) is 13.4. The van der Waals surface area contributed by atoms with Crippen LogP contribution in [0.4, 0.5) is 10.1 Å². The van der Waals surface area contributed by atoms with E-state index >= 15 is 0 Å². The number of sulfonamides is 1. The van der Waals surface area contributed by atoms with Gasteiger partial charge in [-0.25, -0.2) is 17.8 Å². The summed E-state index contributed by atoms with van der Waals surface area (Å²) in [5, 5.41) is 6.16. The van der Waals surface area contributed by atoms with Gasteiger partial charge in [-0.05, 0) is 12.1 Å². The molecule has 1 aromatic carbocycles. The highest BCUT2D eigenvalue weighted by molar-refractivity contribution is 7.89. The number of nitrogens with two attached hydrogens (primary N) is 1. The van der Waals surface area contributed by atoms with E-state index in [2.05, 4.69) is 15.2 Å². The molecule has 9 heteroatoms. The Bertz CT molecular complexity index is 671. The van der Waals surface area contributed by atoms with Crippen molar-refractivity contribution in [3.8, 4) is 0 Å². The van der Waals surface area contributed by atoms with Crippen LogP contribution in [0.2, 0.25) is 0 Å². The zero-order valence-corrected chi connectivity index (χ0v) is 10.9. The van der Waals surface area contributed by atoms with Gasteiger partial charge in [0.1, 0.15) is 22.9 Å². The molecule has 0 aliphatic rings. The predicted molar refractivity (Wildman–Crippen MR) is 65.8 cm³/mol. The minimum absolute atomic E-state index is 0.0156. The summed E-state index contributed by atoms with van der Waals surface area (Å²) in [4.78, 5) is 3.56. The lowest BCUT2D eigenvalue weighted by Gasteiger charge is -2.17. The number of nitrogens with zero attached hydrogens (tertiary/aromatic N) is 3. The smallest absolute Gasteiger partial charge is 0.245 e. The van der Waals surface area contributed by atoms with E-state index in [0.717, 1.165) is 10.4 Å². The zero-order valence-electron chi connectivity index (χ0n) is 10.0. The average Bonchev–Trinajstić information content (AvgIpc) is 2.85. The molecule has 0 amide bonds. The second-order valence-electron chi connectivity index (χ2n) is 3.84. The average molecular weight is 285 g/mol. The molecule has 3 N–H and O–H groups in total. The van der Waals surface area contributed by atoms with Crippen LogP contribution >= 0.6 is 0 Å². The first-order valence-electron chi connectivity index (χ1n) is 5.27. The third kappa shape index (κ3) is 2.56. The van der Waals surface area contributed by atoms with Crippen LogP contribution in [0.3, 0.4) is 0 Å². The highest BCUT2D eigenvalue weighted by Crippen LogP contribution is 2.24. The number of rotatable bonds is 4. The van der Waals surface area contributed by atoms with E-state index in [4.69, 9.17) is 5.73 Å². The molecule has 0 bridgehead atoms. The van der Waals surface area contributed by atoms with Gasteiger partial charge in [0, 0.05) is 7.05 Å². The topological polar surface area (TPSA) is 105 Å². The summed E-state index contributed by atoms with van der Waals surface area (Å²) in [5.74, 6) is -0.393. The Morgan fingerprint density at radius 2 is 2.21 bits per heavy atom. The van der Waals surface area contributed by atoms with E-state index in [0.29, 0.717) is 5.82 Å². The maximum absolute atomic E-state index is 13.3. The Kier molecular flexibility index (Phi) is 3.49. The quantitative estimate of drug-likeness (QED) is 0.788. The molecule has 0 fully saturated rings. The fourth-order valence-electron chi connectivity index (χ4n) is 1.51. The molecule has 0 atom stereocenters. The van der Waals surface area contributed by atoms with Crippen molar-refractivity contribution in [3.05, 3.63) is 36.2 Å². The fraction of sp³-hybridized carbons (Fsp3) is 0.200. The Balaban J connectivity index is 2.34. The molecule has 19 heavy (non-hydrogen) atoms. The molecule has 2 aromatic rings. The van der Waals surface area contributed by atoms with Crippen LogP contribution < -0.4 is 5.73 Å². The molecule has 2 rings (SSSR count). The van der Waals surface area contributed by atoms with Crippen molar-refractivity contribution in [1.29, 1.82) is 0 Å². The molecule has 0 aliphatic carbocycles. The van der Waals surface area contributed by atoms with E-state index in [-0.39, 0.29) is 11.4 Å². The van der Waals surface area contributed by atoms with Crippen LogP contribution in [0.15, 0.2) is 29.4 Å². The van der Waals surface area contributed by atoms with Crippen LogP contribution in [-0.2, 0) is 16.6 Å². The van der Waals surface area contributed by atoms with Gasteiger partial charge in [-0.1, -0.05) is 6.07 Å². The van der Waals surface area contributed by atoms with Crippen molar-refractivity contribution in [2.45, 2.75) is 11.4 Å². The molecule has 0 saturated heterocycles. The maximum Gasteiger partial charge on any atom is 0.245 e. The summed E-state index contributed by atoms with van der Waals surface area (Å²) in [6.07, 6.45) is 1.27. The van der Waals surface area contributed by atoms with Gasteiger partial charge < -0.3 is 5.73 Å². The highest BCUT2D eigenvalue weighted by Gasteiger charge is 2.25. The third-order valence-electron chi connectivity index (χ3n) is 2.54. The molecule has 1 aromatic heterocycles. The van der Waals surface area contributed by atoms with Crippen molar-refractivity contribution in [2.24, 2.45) is 0 Å². The first-order chi connectivity index (χ1) is 8.93. The lowest BCUT2D eigenvalue weighted by atomic mass is 10.3. The third-order valence-corrected chi connectivity index (χ3v) is 4.40. The number of nitrogen functional groups attached to an aromatic ring is 1. The summed E-state index contributed by atoms with van der Waals surface area (Å²) >= 11 is 0. The summed E-state index contributed by atoms with van der Waals surface area (Å²) in [7, 11) is -2.54. The summed E-state index contributed by atoms with van der Waals surface area (Å²) in [6.45, 7) is -0.0156. The van der Waals surface area contributed by atoms with Gasteiger partial charge in [-0.15, -0.1) is 0 Å². The van der Waals surface area contributed by atoms with Crippen molar-refractivity contribution >= 4 is 15.7 Å². The van der Waals surface area contributed by atoms with Crippen LogP contribution in [0.5, 0.6) is 0 Å². The zero-order chi connectivity index (χ0) is 14.0. The van der Waals surface area contributed by atoms with Crippen LogP contribution in [0, 0.1) is 5.82 Å². The van der Waals surface area contributed by atoms with E-state index in [9.17, 15) is 12.8 Å². The fourth-order valence-corrected chi connectivity index (χ4v) is 2.77. The molecule has 0 saturated carbocycles. The molecule has 0 unspecified atom stereocenters. The number of anilines is 1. The molecule has 0 aliphatic heterocycles. The van der Waals surface area contributed by atoms with Gasteiger partial charge in [-0.2, -0.15) is 9.40 Å². The lowest BCUT2D eigenvalue weighted by molar-refractivity contribution is 0.457. The van der Waals surface area contributed by atoms with Crippen LogP contribution in [0.25, 0.3) is 0 Å². The highest BCUT2D eigenvalue weighted by atomic mass is 32.2. The summed E-state index contributed by atoms with van der Waals surface area (Å²) < 4.78 is 38.8. The summed E-state index contributed by atoms with van der Waals surface area (Å²) in [5.41, 5.74) is 5.07. The number of halogens is 1. The van der Waals surface area contributed by atoms with E-state index in [1.807, 2.05) is 0 Å². The van der Waals surface area contributed by atoms with Crippen molar-refractivity contribution < 1.29 is 12.8 Å². The van der Waals surface area contributed by atoms with Crippen molar-refractivity contribution in [2.75, 3.05) is 12.8 Å². The van der Waals surface area contributed by atoms with Gasteiger partial charge >= 0.3 is 0 Å². The van der Waals surface area contributed by atoms with E-state index in [1.165, 1.54) is 25.5 Å². The maximum atomic E-state index is 13.3. The first-order valence-corrected chi connectivity index (χ1v) is 6.71. The minimum atomic E-state index is -3.89.